The van der Waals surface area contributed by atoms with Gasteiger partial charge in [-0.1, -0.05) is 11.8 Å². The molecule has 3 rings (SSSR count). The Morgan fingerprint density at radius 3 is 2.52 bits per heavy atom. The second-order valence-corrected chi connectivity index (χ2v) is 7.59. The number of hydrogen-bond acceptors (Lipinski definition) is 9. The molecule has 0 unspecified atom stereocenters. The lowest BCUT2D eigenvalue weighted by Gasteiger charge is -2.09. The number of thioether (sulfide) groups is 1. The summed E-state index contributed by atoms with van der Waals surface area (Å²) in [6.07, 6.45) is 0. The number of rotatable bonds is 7. The van der Waals surface area contributed by atoms with E-state index in [1.54, 1.807) is 32.4 Å². The number of benzene rings is 1. The number of aryl methyl sites for hydroxylation is 2. The lowest BCUT2D eigenvalue weighted by molar-refractivity contribution is -0.113. The van der Waals surface area contributed by atoms with Crippen LogP contribution in [0.2, 0.25) is 0 Å². The van der Waals surface area contributed by atoms with Crippen LogP contribution in [0.15, 0.2) is 23.4 Å². The number of nitrogens with one attached hydrogen (secondary N) is 1. The Morgan fingerprint density at radius 2 is 1.93 bits per heavy atom. The number of carbonyl (C=O) groups is 1. The van der Waals surface area contributed by atoms with Crippen molar-refractivity contribution in [1.29, 1.82) is 0 Å². The fourth-order valence-electron chi connectivity index (χ4n) is 2.16. The summed E-state index contributed by atoms with van der Waals surface area (Å²) >= 11 is 2.67. The normalized spacial score (nSPS) is 10.7. The average molecular weight is 406 g/mol. The fraction of sp³-hybridized carbons (Fsp3) is 0.312. The monoisotopic (exact) mass is 406 g/mol. The first kappa shape index (κ1) is 19.1. The zero-order valence-electron chi connectivity index (χ0n) is 15.2. The summed E-state index contributed by atoms with van der Waals surface area (Å²) in [7, 11) is 3.14. The fourth-order valence-corrected chi connectivity index (χ4v) is 3.68. The maximum Gasteiger partial charge on any atom is 0.236 e. The summed E-state index contributed by atoms with van der Waals surface area (Å²) < 4.78 is 12.1. The molecule has 27 heavy (non-hydrogen) atoms. The first-order valence-electron chi connectivity index (χ1n) is 7.88. The number of amides is 1. The minimum Gasteiger partial charge on any atom is -0.497 e. The summed E-state index contributed by atoms with van der Waals surface area (Å²) in [5, 5.41) is 15.6. The van der Waals surface area contributed by atoms with E-state index < -0.39 is 0 Å². The van der Waals surface area contributed by atoms with Crippen molar-refractivity contribution in [3.05, 3.63) is 28.8 Å². The van der Waals surface area contributed by atoms with Gasteiger partial charge in [0.2, 0.25) is 11.1 Å². The number of thiazole rings is 1. The predicted octanol–water partition coefficient (Wildman–Crippen LogP) is 2.48. The van der Waals surface area contributed by atoms with Crippen molar-refractivity contribution < 1.29 is 14.3 Å². The molecule has 11 heteroatoms. The quantitative estimate of drug-likeness (QED) is 0.597. The molecule has 2 heterocycles. The number of carbonyl (C=O) groups excluding carboxylic acids is 1. The standard InChI is InChI=1S/C16H18N6O3S2/c1-9-10(2)27-15(17-9)18-14(23)8-26-16-19-20-21-22(16)11-5-12(24-3)7-13(6-11)25-4/h5-7H,8H2,1-4H3,(H,17,18,23). The van der Waals surface area contributed by atoms with E-state index in [1.165, 1.54) is 27.8 Å². The molecule has 0 radical (unpaired) electrons. The van der Waals surface area contributed by atoms with E-state index in [2.05, 4.69) is 25.8 Å². The minimum absolute atomic E-state index is 0.152. The first-order chi connectivity index (χ1) is 13.0. The molecule has 3 aromatic rings. The number of ether oxygens (including phenoxy) is 2. The summed E-state index contributed by atoms with van der Waals surface area (Å²) in [6, 6.07) is 5.32. The Bertz CT molecular complexity index is 914. The molecule has 0 bridgehead atoms. The maximum absolute atomic E-state index is 12.2. The van der Waals surface area contributed by atoms with Crippen LogP contribution < -0.4 is 14.8 Å². The molecule has 0 saturated heterocycles. The topological polar surface area (TPSA) is 104 Å². The smallest absolute Gasteiger partial charge is 0.236 e. The average Bonchev–Trinajstić information content (AvgIpc) is 3.25. The van der Waals surface area contributed by atoms with Crippen LogP contribution in [0.1, 0.15) is 10.6 Å². The second kappa shape index (κ2) is 8.35. The van der Waals surface area contributed by atoms with Crippen molar-refractivity contribution in [2.45, 2.75) is 19.0 Å². The molecule has 0 spiro atoms. The highest BCUT2D eigenvalue weighted by atomic mass is 32.2. The van der Waals surface area contributed by atoms with E-state index in [-0.39, 0.29) is 11.7 Å². The van der Waals surface area contributed by atoms with Gasteiger partial charge in [0.1, 0.15) is 11.5 Å². The third-order valence-corrected chi connectivity index (χ3v) is 5.54. The molecule has 9 nitrogen and oxygen atoms in total. The van der Waals surface area contributed by atoms with Gasteiger partial charge in [-0.2, -0.15) is 4.68 Å². The molecule has 0 aliphatic carbocycles. The Hall–Kier alpha value is -2.66. The van der Waals surface area contributed by atoms with E-state index in [4.69, 9.17) is 9.47 Å². The first-order valence-corrected chi connectivity index (χ1v) is 9.69. The van der Waals surface area contributed by atoms with E-state index in [9.17, 15) is 4.79 Å². The molecule has 0 atom stereocenters. The van der Waals surface area contributed by atoms with Crippen LogP contribution in [-0.2, 0) is 4.79 Å². The van der Waals surface area contributed by atoms with E-state index in [0.717, 1.165) is 10.6 Å². The number of aromatic nitrogens is 5. The highest BCUT2D eigenvalue weighted by Crippen LogP contribution is 2.27. The summed E-state index contributed by atoms with van der Waals surface area (Å²) in [4.78, 5) is 17.6. The number of nitrogens with zero attached hydrogens (tertiary/aromatic N) is 5. The van der Waals surface area contributed by atoms with Crippen LogP contribution in [0, 0.1) is 13.8 Å². The second-order valence-electron chi connectivity index (χ2n) is 5.44. The van der Waals surface area contributed by atoms with Crippen LogP contribution in [0.3, 0.4) is 0 Å². The Labute approximate surface area is 164 Å². The zero-order valence-corrected chi connectivity index (χ0v) is 16.8. The highest BCUT2D eigenvalue weighted by Gasteiger charge is 2.14. The van der Waals surface area contributed by atoms with E-state index in [0.29, 0.717) is 27.5 Å². The number of methoxy groups -OCH3 is 2. The van der Waals surface area contributed by atoms with Crippen LogP contribution in [0.5, 0.6) is 11.5 Å². The van der Waals surface area contributed by atoms with Gasteiger partial charge < -0.3 is 14.8 Å². The Morgan fingerprint density at radius 1 is 1.22 bits per heavy atom. The Kier molecular flexibility index (Phi) is 5.91. The molecule has 2 aromatic heterocycles. The van der Waals surface area contributed by atoms with Crippen molar-refractivity contribution in [2.24, 2.45) is 0 Å². The van der Waals surface area contributed by atoms with Crippen molar-refractivity contribution in [3.63, 3.8) is 0 Å². The maximum atomic E-state index is 12.2. The van der Waals surface area contributed by atoms with Crippen LogP contribution in [-0.4, -0.2) is 51.1 Å². The van der Waals surface area contributed by atoms with E-state index >= 15 is 0 Å². The molecule has 0 aliphatic heterocycles. The molecule has 0 aliphatic rings. The lowest BCUT2D eigenvalue weighted by atomic mass is 10.3. The van der Waals surface area contributed by atoms with Crippen LogP contribution in [0.25, 0.3) is 5.69 Å². The largest absolute Gasteiger partial charge is 0.497 e. The minimum atomic E-state index is -0.175. The van der Waals surface area contributed by atoms with Gasteiger partial charge in [0.15, 0.2) is 5.13 Å². The molecule has 1 aromatic carbocycles. The van der Waals surface area contributed by atoms with Gasteiger partial charge in [-0.05, 0) is 24.3 Å². The third-order valence-electron chi connectivity index (χ3n) is 3.63. The van der Waals surface area contributed by atoms with Crippen molar-refractivity contribution in [1.82, 2.24) is 25.2 Å². The third kappa shape index (κ3) is 4.55. The molecular weight excluding hydrogens is 388 g/mol. The lowest BCUT2D eigenvalue weighted by Crippen LogP contribution is -2.14. The van der Waals surface area contributed by atoms with Gasteiger partial charge in [-0.25, -0.2) is 4.98 Å². The van der Waals surface area contributed by atoms with Gasteiger partial charge in [-0.15, -0.1) is 16.4 Å². The number of hydrogen-bond donors (Lipinski definition) is 1. The number of anilines is 1. The van der Waals surface area contributed by atoms with Gasteiger partial charge in [0.25, 0.3) is 0 Å². The predicted molar refractivity (Wildman–Crippen MR) is 103 cm³/mol. The summed E-state index contributed by atoms with van der Waals surface area (Å²) in [5.41, 5.74) is 1.59. The highest BCUT2D eigenvalue weighted by molar-refractivity contribution is 7.99. The molecule has 142 valence electrons. The summed E-state index contributed by atoms with van der Waals surface area (Å²) in [5.74, 6) is 1.21. The van der Waals surface area contributed by atoms with Crippen molar-refractivity contribution in [2.75, 3.05) is 25.3 Å². The molecule has 0 fully saturated rings. The van der Waals surface area contributed by atoms with Gasteiger partial charge in [0, 0.05) is 23.1 Å². The Balaban J connectivity index is 1.71. The van der Waals surface area contributed by atoms with Gasteiger partial charge in [-0.3, -0.25) is 4.79 Å². The van der Waals surface area contributed by atoms with Gasteiger partial charge >= 0.3 is 0 Å². The SMILES string of the molecule is COc1cc(OC)cc(-n2nnnc2SCC(=O)Nc2nc(C)c(C)s2)c1. The van der Waals surface area contributed by atoms with Crippen LogP contribution >= 0.6 is 23.1 Å². The van der Waals surface area contributed by atoms with Crippen LogP contribution in [0.4, 0.5) is 5.13 Å². The molecule has 1 N–H and O–H groups in total. The van der Waals surface area contributed by atoms with Gasteiger partial charge in [0.05, 0.1) is 31.4 Å². The zero-order chi connectivity index (χ0) is 19.4. The molecule has 0 saturated carbocycles. The van der Waals surface area contributed by atoms with Crippen molar-refractivity contribution >= 4 is 34.1 Å². The van der Waals surface area contributed by atoms with E-state index in [1.807, 2.05) is 13.8 Å². The molecular formula is C16H18N6O3S2. The van der Waals surface area contributed by atoms with Crippen molar-refractivity contribution in [3.8, 4) is 17.2 Å². The summed E-state index contributed by atoms with van der Waals surface area (Å²) in [6.45, 7) is 3.88. The molecule has 1 amide bonds. The number of tetrazole rings is 1.